The number of imidazole rings is 1. The van der Waals surface area contributed by atoms with E-state index in [1.54, 1.807) is 6.33 Å². The summed E-state index contributed by atoms with van der Waals surface area (Å²) in [6.07, 6.45) is 3.49. The number of H-pyrrole nitrogens is 1. The third-order valence-corrected chi connectivity index (χ3v) is 2.96. The smallest absolute Gasteiger partial charge is 0.123 e. The quantitative estimate of drug-likeness (QED) is 0.747. The molecule has 19 heavy (non-hydrogen) atoms. The Morgan fingerprint density at radius 1 is 1.16 bits per heavy atom. The summed E-state index contributed by atoms with van der Waals surface area (Å²) in [4.78, 5) is 7.10. The van der Waals surface area contributed by atoms with Gasteiger partial charge in [-0.25, -0.2) is 4.98 Å². The Morgan fingerprint density at radius 2 is 2.00 bits per heavy atom. The maximum absolute atomic E-state index is 5.51. The molecule has 0 atom stereocenters. The third-order valence-electron chi connectivity index (χ3n) is 2.96. The van der Waals surface area contributed by atoms with E-state index in [4.69, 9.17) is 4.42 Å². The molecule has 4 nitrogen and oxygen atoms in total. The van der Waals surface area contributed by atoms with Crippen molar-refractivity contribution in [3.8, 4) is 11.3 Å². The number of rotatable bonds is 4. The Labute approximate surface area is 111 Å². The van der Waals surface area contributed by atoms with Crippen molar-refractivity contribution >= 4 is 5.69 Å². The van der Waals surface area contributed by atoms with Crippen molar-refractivity contribution in [3.05, 3.63) is 60.4 Å². The second-order valence-electron chi connectivity index (χ2n) is 4.41. The second kappa shape index (κ2) is 5.02. The molecule has 96 valence electrons. The minimum atomic E-state index is 0.692. The van der Waals surface area contributed by atoms with Crippen molar-refractivity contribution in [2.45, 2.75) is 13.5 Å². The number of aromatic amines is 1. The van der Waals surface area contributed by atoms with E-state index < -0.39 is 0 Å². The Balaban J connectivity index is 1.66. The first-order chi connectivity index (χ1) is 9.31. The number of aryl methyl sites for hydroxylation is 1. The number of nitrogens with one attached hydrogen (secondary N) is 2. The predicted octanol–water partition coefficient (Wildman–Crippen LogP) is 3.59. The minimum Gasteiger partial charge on any atom is -0.465 e. The van der Waals surface area contributed by atoms with Crippen LogP contribution in [0.15, 0.2) is 53.3 Å². The van der Waals surface area contributed by atoms with E-state index in [1.165, 1.54) is 0 Å². The van der Waals surface area contributed by atoms with Crippen LogP contribution < -0.4 is 5.32 Å². The summed E-state index contributed by atoms with van der Waals surface area (Å²) in [5, 5.41) is 3.33. The van der Waals surface area contributed by atoms with Gasteiger partial charge in [0, 0.05) is 5.69 Å². The average Bonchev–Trinajstić information content (AvgIpc) is 3.08. The first-order valence-corrected chi connectivity index (χ1v) is 6.19. The van der Waals surface area contributed by atoms with Crippen molar-refractivity contribution in [1.82, 2.24) is 9.97 Å². The molecule has 2 heterocycles. The maximum atomic E-state index is 5.51. The van der Waals surface area contributed by atoms with Crippen molar-refractivity contribution in [1.29, 1.82) is 0 Å². The zero-order valence-electron chi connectivity index (χ0n) is 10.7. The van der Waals surface area contributed by atoms with Crippen LogP contribution >= 0.6 is 0 Å². The molecular formula is C15H15N3O. The molecule has 3 aromatic rings. The topological polar surface area (TPSA) is 53.9 Å². The molecular weight excluding hydrogens is 238 g/mol. The van der Waals surface area contributed by atoms with Gasteiger partial charge >= 0.3 is 0 Å². The first kappa shape index (κ1) is 11.6. The zero-order valence-corrected chi connectivity index (χ0v) is 10.7. The van der Waals surface area contributed by atoms with Crippen LogP contribution in [0.3, 0.4) is 0 Å². The lowest BCUT2D eigenvalue weighted by atomic mass is 10.1. The van der Waals surface area contributed by atoms with Crippen molar-refractivity contribution in [2.24, 2.45) is 0 Å². The number of aromatic nitrogens is 2. The molecule has 0 fully saturated rings. The van der Waals surface area contributed by atoms with Crippen LogP contribution in [0.2, 0.25) is 0 Å². The molecule has 0 radical (unpaired) electrons. The third kappa shape index (κ3) is 2.68. The van der Waals surface area contributed by atoms with Gasteiger partial charge in [-0.05, 0) is 36.8 Å². The molecule has 4 heteroatoms. The molecule has 1 aromatic carbocycles. The highest BCUT2D eigenvalue weighted by molar-refractivity contribution is 5.61. The first-order valence-electron chi connectivity index (χ1n) is 6.19. The van der Waals surface area contributed by atoms with E-state index in [-0.39, 0.29) is 0 Å². The van der Waals surface area contributed by atoms with E-state index >= 15 is 0 Å². The minimum absolute atomic E-state index is 0.692. The summed E-state index contributed by atoms with van der Waals surface area (Å²) in [5.41, 5.74) is 3.21. The second-order valence-corrected chi connectivity index (χ2v) is 4.41. The van der Waals surface area contributed by atoms with Crippen molar-refractivity contribution in [2.75, 3.05) is 5.32 Å². The monoisotopic (exact) mass is 253 g/mol. The molecule has 0 saturated carbocycles. The predicted molar refractivity (Wildman–Crippen MR) is 74.8 cm³/mol. The Kier molecular flexibility index (Phi) is 3.06. The van der Waals surface area contributed by atoms with Crippen LogP contribution in [-0.4, -0.2) is 9.97 Å². The summed E-state index contributed by atoms with van der Waals surface area (Å²) < 4.78 is 5.51. The van der Waals surface area contributed by atoms with Crippen LogP contribution in [0.5, 0.6) is 0 Å². The summed E-state index contributed by atoms with van der Waals surface area (Å²) >= 11 is 0. The average molecular weight is 253 g/mol. The molecule has 0 aliphatic heterocycles. The molecule has 2 N–H and O–H groups in total. The Bertz CT molecular complexity index is 638. The van der Waals surface area contributed by atoms with Crippen molar-refractivity contribution < 1.29 is 4.42 Å². The fraction of sp³-hybridized carbons (Fsp3) is 0.133. The van der Waals surface area contributed by atoms with Gasteiger partial charge in [0.1, 0.15) is 11.5 Å². The van der Waals surface area contributed by atoms with Gasteiger partial charge in [0.05, 0.1) is 24.8 Å². The Hall–Kier alpha value is -2.49. The van der Waals surface area contributed by atoms with Crippen LogP contribution in [0.25, 0.3) is 11.3 Å². The number of anilines is 1. The molecule has 0 aliphatic rings. The lowest BCUT2D eigenvalue weighted by Crippen LogP contribution is -1.97. The van der Waals surface area contributed by atoms with Crippen LogP contribution in [0, 0.1) is 6.92 Å². The van der Waals surface area contributed by atoms with Gasteiger partial charge in [-0.3, -0.25) is 0 Å². The molecule has 2 aromatic heterocycles. The molecule has 0 bridgehead atoms. The van der Waals surface area contributed by atoms with Gasteiger partial charge in [0.2, 0.25) is 0 Å². The Morgan fingerprint density at radius 3 is 2.63 bits per heavy atom. The van der Waals surface area contributed by atoms with Crippen LogP contribution in [-0.2, 0) is 6.54 Å². The van der Waals surface area contributed by atoms with Crippen molar-refractivity contribution in [3.63, 3.8) is 0 Å². The van der Waals surface area contributed by atoms with Gasteiger partial charge in [0.15, 0.2) is 0 Å². The maximum Gasteiger partial charge on any atom is 0.123 e. The number of nitrogens with zero attached hydrogens (tertiary/aromatic N) is 1. The van der Waals surface area contributed by atoms with E-state index in [1.807, 2.05) is 37.4 Å². The highest BCUT2D eigenvalue weighted by Gasteiger charge is 2.00. The molecule has 0 unspecified atom stereocenters. The molecule has 0 spiro atoms. The largest absolute Gasteiger partial charge is 0.465 e. The van der Waals surface area contributed by atoms with Gasteiger partial charge in [-0.1, -0.05) is 12.1 Å². The lowest BCUT2D eigenvalue weighted by molar-refractivity contribution is 0.490. The van der Waals surface area contributed by atoms with E-state index in [0.29, 0.717) is 6.54 Å². The summed E-state index contributed by atoms with van der Waals surface area (Å²) in [7, 11) is 0. The van der Waals surface area contributed by atoms with Gasteiger partial charge in [-0.15, -0.1) is 0 Å². The summed E-state index contributed by atoms with van der Waals surface area (Å²) in [6, 6.07) is 12.2. The highest BCUT2D eigenvalue weighted by Crippen LogP contribution is 2.19. The molecule has 0 amide bonds. The van der Waals surface area contributed by atoms with E-state index in [2.05, 4.69) is 27.4 Å². The van der Waals surface area contributed by atoms with E-state index in [9.17, 15) is 0 Å². The van der Waals surface area contributed by atoms with Gasteiger partial charge in [0.25, 0.3) is 0 Å². The van der Waals surface area contributed by atoms with Gasteiger partial charge < -0.3 is 14.7 Å². The zero-order chi connectivity index (χ0) is 13.1. The summed E-state index contributed by atoms with van der Waals surface area (Å²) in [5.74, 6) is 1.88. The van der Waals surface area contributed by atoms with Crippen LogP contribution in [0.1, 0.15) is 11.5 Å². The summed E-state index contributed by atoms with van der Waals surface area (Å²) in [6.45, 7) is 2.64. The fourth-order valence-electron chi connectivity index (χ4n) is 1.95. The van der Waals surface area contributed by atoms with E-state index in [0.717, 1.165) is 28.5 Å². The fourth-order valence-corrected chi connectivity index (χ4v) is 1.95. The molecule has 0 saturated heterocycles. The number of hydrogen-bond acceptors (Lipinski definition) is 3. The number of hydrogen-bond donors (Lipinski definition) is 2. The standard InChI is InChI=1S/C15H15N3O/c1-11-2-7-14(19-11)8-17-13-5-3-12(4-6-13)15-9-16-10-18-15/h2-7,9-10,17H,8H2,1H3,(H,16,18). The normalized spacial score (nSPS) is 10.6. The number of benzene rings is 1. The highest BCUT2D eigenvalue weighted by atomic mass is 16.3. The number of furan rings is 1. The SMILES string of the molecule is Cc1ccc(CNc2ccc(-c3cnc[nH]3)cc2)o1. The molecule has 0 aliphatic carbocycles. The lowest BCUT2D eigenvalue weighted by Gasteiger charge is -2.05. The van der Waals surface area contributed by atoms with Crippen LogP contribution in [0.4, 0.5) is 5.69 Å². The molecule has 3 rings (SSSR count). The van der Waals surface area contributed by atoms with Gasteiger partial charge in [-0.2, -0.15) is 0 Å².